The molecule has 0 aliphatic rings. The van der Waals surface area contributed by atoms with Crippen LogP contribution in [-0.2, 0) is 17.8 Å². The molecule has 3 rings (SSSR count). The highest BCUT2D eigenvalue weighted by Crippen LogP contribution is 2.26. The monoisotopic (exact) mass is 392 g/mol. The number of aromatic carboxylic acids is 1. The molecule has 29 heavy (non-hydrogen) atoms. The average molecular weight is 392 g/mol. The Kier molecular flexibility index (Phi) is 5.87. The molecule has 0 heterocycles. The minimum atomic E-state index is -1.12. The molecule has 0 aliphatic heterocycles. The van der Waals surface area contributed by atoms with E-state index in [0.717, 1.165) is 16.3 Å². The number of carboxylic acids is 1. The van der Waals surface area contributed by atoms with E-state index in [0.29, 0.717) is 11.3 Å². The summed E-state index contributed by atoms with van der Waals surface area (Å²) in [6.45, 7) is 1.32. The fourth-order valence-corrected chi connectivity index (χ4v) is 3.26. The lowest BCUT2D eigenvalue weighted by molar-refractivity contribution is -0.479. The third-order valence-electron chi connectivity index (χ3n) is 4.72. The van der Waals surface area contributed by atoms with Crippen molar-refractivity contribution in [2.45, 2.75) is 19.9 Å². The second-order valence-electron chi connectivity index (χ2n) is 6.74. The van der Waals surface area contributed by atoms with Gasteiger partial charge >= 0.3 is 5.97 Å². The van der Waals surface area contributed by atoms with Crippen LogP contribution in [0.15, 0.2) is 60.7 Å². The summed E-state index contributed by atoms with van der Waals surface area (Å²) in [6.07, 6.45) is 0.101. The molecule has 7 heteroatoms. The normalized spacial score (nSPS) is 10.7. The van der Waals surface area contributed by atoms with E-state index in [1.807, 2.05) is 42.5 Å². The van der Waals surface area contributed by atoms with Crippen molar-refractivity contribution in [3.63, 3.8) is 0 Å². The Morgan fingerprint density at radius 2 is 1.76 bits per heavy atom. The molecular weight excluding hydrogens is 372 g/mol. The van der Waals surface area contributed by atoms with Crippen molar-refractivity contribution in [3.05, 3.63) is 87.5 Å². The standard InChI is InChI=1S/C22H20N2O5/c1-15(25)23(14-16-6-7-17-4-2-3-5-19(17)12-16)21-13-20(22(26)27)9-8-18(21)10-11-24(28)29/h2-9,12-13H,10-11,14H2,1H3,(H,26,27). The molecule has 0 spiro atoms. The van der Waals surface area contributed by atoms with Crippen LogP contribution in [-0.4, -0.2) is 28.5 Å². The molecule has 148 valence electrons. The lowest BCUT2D eigenvalue weighted by Crippen LogP contribution is -2.29. The number of nitro groups is 1. The zero-order valence-electron chi connectivity index (χ0n) is 15.9. The van der Waals surface area contributed by atoms with E-state index in [9.17, 15) is 24.8 Å². The maximum Gasteiger partial charge on any atom is 0.335 e. The van der Waals surface area contributed by atoms with Crippen molar-refractivity contribution >= 4 is 28.3 Å². The van der Waals surface area contributed by atoms with Gasteiger partial charge in [-0.05, 0) is 40.1 Å². The van der Waals surface area contributed by atoms with Crippen LogP contribution in [0.25, 0.3) is 10.8 Å². The number of carbonyl (C=O) groups is 2. The molecule has 0 saturated heterocycles. The van der Waals surface area contributed by atoms with Gasteiger partial charge in [0.1, 0.15) is 0 Å². The molecule has 0 aromatic heterocycles. The van der Waals surface area contributed by atoms with Gasteiger partial charge in [-0.3, -0.25) is 14.9 Å². The van der Waals surface area contributed by atoms with E-state index in [4.69, 9.17) is 0 Å². The second kappa shape index (κ2) is 8.52. The summed E-state index contributed by atoms with van der Waals surface area (Å²) in [5, 5.41) is 22.2. The van der Waals surface area contributed by atoms with Crippen molar-refractivity contribution in [1.29, 1.82) is 0 Å². The largest absolute Gasteiger partial charge is 0.478 e. The molecule has 7 nitrogen and oxygen atoms in total. The first-order valence-electron chi connectivity index (χ1n) is 9.09. The van der Waals surface area contributed by atoms with Crippen LogP contribution in [0.4, 0.5) is 5.69 Å². The van der Waals surface area contributed by atoms with Crippen molar-refractivity contribution in [1.82, 2.24) is 0 Å². The first-order valence-corrected chi connectivity index (χ1v) is 9.09. The molecule has 0 unspecified atom stereocenters. The number of amides is 1. The van der Waals surface area contributed by atoms with Crippen LogP contribution in [0.2, 0.25) is 0 Å². The molecule has 0 atom stereocenters. The maximum atomic E-state index is 12.4. The van der Waals surface area contributed by atoms with E-state index in [1.165, 1.54) is 24.0 Å². The molecule has 0 radical (unpaired) electrons. The van der Waals surface area contributed by atoms with Crippen LogP contribution in [0.3, 0.4) is 0 Å². The molecular formula is C22H20N2O5. The number of rotatable bonds is 7. The van der Waals surface area contributed by atoms with Gasteiger partial charge in [0.05, 0.1) is 12.1 Å². The van der Waals surface area contributed by atoms with Crippen LogP contribution < -0.4 is 4.90 Å². The lowest BCUT2D eigenvalue weighted by Gasteiger charge is -2.24. The van der Waals surface area contributed by atoms with Crippen molar-refractivity contribution in [2.75, 3.05) is 11.4 Å². The Bertz CT molecular complexity index is 1090. The predicted molar refractivity (Wildman–Crippen MR) is 110 cm³/mol. The Balaban J connectivity index is 2.01. The molecule has 1 amide bonds. The van der Waals surface area contributed by atoms with E-state index in [2.05, 4.69) is 0 Å². The van der Waals surface area contributed by atoms with Gasteiger partial charge in [0.2, 0.25) is 12.5 Å². The number of anilines is 1. The number of fused-ring (bicyclic) bond motifs is 1. The summed E-state index contributed by atoms with van der Waals surface area (Å²) in [5.41, 5.74) is 1.84. The topological polar surface area (TPSA) is 101 Å². The van der Waals surface area contributed by atoms with E-state index < -0.39 is 10.9 Å². The molecule has 0 aliphatic carbocycles. The van der Waals surface area contributed by atoms with Crippen LogP contribution >= 0.6 is 0 Å². The first-order chi connectivity index (χ1) is 13.8. The predicted octanol–water partition coefficient (Wildman–Crippen LogP) is 3.91. The summed E-state index contributed by atoms with van der Waals surface area (Å²) >= 11 is 0. The van der Waals surface area contributed by atoms with Gasteiger partial charge in [-0.25, -0.2) is 4.79 Å². The van der Waals surface area contributed by atoms with E-state index in [1.54, 1.807) is 6.07 Å². The fraction of sp³-hybridized carbons (Fsp3) is 0.182. The van der Waals surface area contributed by atoms with Crippen molar-refractivity contribution < 1.29 is 19.6 Å². The van der Waals surface area contributed by atoms with Gasteiger partial charge < -0.3 is 10.0 Å². The van der Waals surface area contributed by atoms with Gasteiger partial charge in [0.15, 0.2) is 0 Å². The molecule has 3 aromatic rings. The Morgan fingerprint density at radius 1 is 1.03 bits per heavy atom. The third-order valence-corrected chi connectivity index (χ3v) is 4.72. The summed E-state index contributed by atoms with van der Waals surface area (Å²) in [7, 11) is 0. The number of carbonyl (C=O) groups excluding carboxylic acids is 1. The smallest absolute Gasteiger partial charge is 0.335 e. The number of hydrogen-bond acceptors (Lipinski definition) is 4. The Hall–Kier alpha value is -3.74. The molecule has 3 aromatic carbocycles. The Morgan fingerprint density at radius 3 is 2.41 bits per heavy atom. The highest BCUT2D eigenvalue weighted by Gasteiger charge is 2.19. The zero-order valence-corrected chi connectivity index (χ0v) is 15.9. The van der Waals surface area contributed by atoms with E-state index >= 15 is 0 Å². The fourth-order valence-electron chi connectivity index (χ4n) is 3.26. The van der Waals surface area contributed by atoms with Gasteiger partial charge in [0, 0.05) is 24.0 Å². The van der Waals surface area contributed by atoms with Gasteiger partial charge in [-0.2, -0.15) is 0 Å². The van der Waals surface area contributed by atoms with Crippen molar-refractivity contribution in [3.8, 4) is 0 Å². The number of carboxylic acid groups (broad SMARTS) is 1. The highest BCUT2D eigenvalue weighted by atomic mass is 16.6. The number of hydrogen-bond donors (Lipinski definition) is 1. The zero-order chi connectivity index (χ0) is 21.0. The summed E-state index contributed by atoms with van der Waals surface area (Å²) in [6, 6.07) is 18.0. The summed E-state index contributed by atoms with van der Waals surface area (Å²) in [4.78, 5) is 35.7. The highest BCUT2D eigenvalue weighted by molar-refractivity contribution is 5.95. The van der Waals surface area contributed by atoms with Gasteiger partial charge in [-0.1, -0.05) is 42.5 Å². The quantitative estimate of drug-likeness (QED) is 0.485. The SMILES string of the molecule is CC(=O)N(Cc1ccc2ccccc2c1)c1cc(C(=O)O)ccc1CC[N+](=O)[O-]. The molecule has 0 bridgehead atoms. The minimum absolute atomic E-state index is 0.0228. The maximum absolute atomic E-state index is 12.4. The lowest BCUT2D eigenvalue weighted by atomic mass is 10.0. The van der Waals surface area contributed by atoms with Crippen molar-refractivity contribution in [2.24, 2.45) is 0 Å². The van der Waals surface area contributed by atoms with Crippen LogP contribution in [0, 0.1) is 10.1 Å². The molecule has 1 N–H and O–H groups in total. The van der Waals surface area contributed by atoms with Crippen LogP contribution in [0.1, 0.15) is 28.4 Å². The van der Waals surface area contributed by atoms with Gasteiger partial charge in [0.25, 0.3) is 0 Å². The van der Waals surface area contributed by atoms with Gasteiger partial charge in [-0.15, -0.1) is 0 Å². The summed E-state index contributed by atoms with van der Waals surface area (Å²) in [5.74, 6) is -1.40. The summed E-state index contributed by atoms with van der Waals surface area (Å²) < 4.78 is 0. The first kappa shape index (κ1) is 20.0. The molecule has 0 saturated carbocycles. The van der Waals surface area contributed by atoms with E-state index in [-0.39, 0.29) is 31.0 Å². The molecule has 0 fully saturated rings. The number of nitrogens with zero attached hydrogens (tertiary/aromatic N) is 2. The third kappa shape index (κ3) is 4.76. The van der Waals surface area contributed by atoms with Crippen LogP contribution in [0.5, 0.6) is 0 Å². The average Bonchev–Trinajstić information content (AvgIpc) is 2.70. The number of benzene rings is 3. The minimum Gasteiger partial charge on any atom is -0.478 e. The second-order valence-corrected chi connectivity index (χ2v) is 6.74. The Labute approximate surface area is 167 Å².